The summed E-state index contributed by atoms with van der Waals surface area (Å²) < 4.78 is 2.60. The van der Waals surface area contributed by atoms with Gasteiger partial charge in [-0.3, -0.25) is 4.90 Å². The van der Waals surface area contributed by atoms with Gasteiger partial charge in [0, 0.05) is 35.9 Å². The molecule has 0 radical (unpaired) electrons. The molecule has 2 bridgehead atoms. The number of para-hydroxylation sites is 1. The molecule has 2 heteroatoms. The van der Waals surface area contributed by atoms with Crippen LogP contribution in [0.2, 0.25) is 0 Å². The van der Waals surface area contributed by atoms with Crippen molar-refractivity contribution in [3.05, 3.63) is 36.5 Å². The molecular formula is C25H36N2. The monoisotopic (exact) mass is 364 g/mol. The molecule has 1 saturated carbocycles. The van der Waals surface area contributed by atoms with Crippen LogP contribution in [0.15, 0.2) is 36.5 Å². The second-order valence-electron chi connectivity index (χ2n) is 9.45. The Labute approximate surface area is 164 Å². The number of piperidine rings is 1. The molecule has 27 heavy (non-hydrogen) atoms. The van der Waals surface area contributed by atoms with Crippen LogP contribution in [0.1, 0.15) is 89.5 Å². The van der Waals surface area contributed by atoms with Crippen molar-refractivity contribution in [2.75, 3.05) is 0 Å². The van der Waals surface area contributed by atoms with Crippen molar-refractivity contribution in [3.63, 3.8) is 0 Å². The summed E-state index contributed by atoms with van der Waals surface area (Å²) in [5, 5.41) is 1.40. The van der Waals surface area contributed by atoms with Crippen LogP contribution in [0.4, 0.5) is 0 Å². The van der Waals surface area contributed by atoms with E-state index in [2.05, 4.69) is 46.0 Å². The molecule has 1 aliphatic carbocycles. The molecule has 3 aliphatic rings. The molecule has 2 aromatic rings. The van der Waals surface area contributed by atoms with E-state index in [9.17, 15) is 0 Å². The lowest BCUT2D eigenvalue weighted by Gasteiger charge is -2.44. The predicted octanol–water partition coefficient (Wildman–Crippen LogP) is 6.70. The topological polar surface area (TPSA) is 8.17 Å². The van der Waals surface area contributed by atoms with Crippen LogP contribution in [-0.4, -0.2) is 27.6 Å². The molecule has 5 rings (SSSR count). The molecule has 0 amide bonds. The Hall–Kier alpha value is -1.28. The zero-order valence-electron chi connectivity index (χ0n) is 16.9. The summed E-state index contributed by atoms with van der Waals surface area (Å²) >= 11 is 0. The lowest BCUT2D eigenvalue weighted by Crippen LogP contribution is -2.49. The number of rotatable bonds is 2. The third kappa shape index (κ3) is 3.58. The highest BCUT2D eigenvalue weighted by atomic mass is 15.3. The Balaban J connectivity index is 1.32. The van der Waals surface area contributed by atoms with Gasteiger partial charge in [-0.05, 0) is 56.0 Å². The van der Waals surface area contributed by atoms with E-state index in [4.69, 9.17) is 0 Å². The highest BCUT2D eigenvalue weighted by molar-refractivity contribution is 5.80. The maximum absolute atomic E-state index is 3.03. The summed E-state index contributed by atoms with van der Waals surface area (Å²) in [4.78, 5) is 3.03. The van der Waals surface area contributed by atoms with Crippen molar-refractivity contribution in [2.45, 2.75) is 108 Å². The van der Waals surface area contributed by atoms with Crippen molar-refractivity contribution in [1.82, 2.24) is 9.47 Å². The van der Waals surface area contributed by atoms with Gasteiger partial charge in [0.1, 0.15) is 0 Å². The smallest absolute Gasteiger partial charge is 0.0482 e. The Morgan fingerprint density at radius 2 is 1.22 bits per heavy atom. The van der Waals surface area contributed by atoms with Crippen LogP contribution < -0.4 is 0 Å². The average molecular weight is 365 g/mol. The predicted molar refractivity (Wildman–Crippen MR) is 114 cm³/mol. The first-order valence-electron chi connectivity index (χ1n) is 11.7. The van der Waals surface area contributed by atoms with Crippen LogP contribution in [0.5, 0.6) is 0 Å². The van der Waals surface area contributed by atoms with E-state index in [1.807, 2.05) is 0 Å². The molecule has 0 unspecified atom stereocenters. The van der Waals surface area contributed by atoms with Gasteiger partial charge in [-0.1, -0.05) is 63.1 Å². The van der Waals surface area contributed by atoms with Gasteiger partial charge < -0.3 is 4.57 Å². The van der Waals surface area contributed by atoms with Crippen LogP contribution in [0.3, 0.4) is 0 Å². The number of hydrogen-bond donors (Lipinski definition) is 0. The van der Waals surface area contributed by atoms with Gasteiger partial charge in [0.05, 0.1) is 0 Å². The lowest BCUT2D eigenvalue weighted by molar-refractivity contribution is 0.0518. The first-order valence-corrected chi connectivity index (χ1v) is 11.7. The van der Waals surface area contributed by atoms with E-state index in [-0.39, 0.29) is 0 Å². The Kier molecular flexibility index (Phi) is 5.27. The summed E-state index contributed by atoms with van der Waals surface area (Å²) in [6, 6.07) is 14.5. The highest BCUT2D eigenvalue weighted by Crippen LogP contribution is 2.44. The molecule has 0 N–H and O–H groups in total. The maximum atomic E-state index is 3.03. The van der Waals surface area contributed by atoms with Crippen molar-refractivity contribution in [1.29, 1.82) is 0 Å². The highest BCUT2D eigenvalue weighted by Gasteiger charge is 2.43. The first-order chi connectivity index (χ1) is 13.4. The summed E-state index contributed by atoms with van der Waals surface area (Å²) in [6.07, 6.45) is 21.2. The second-order valence-corrected chi connectivity index (χ2v) is 9.45. The van der Waals surface area contributed by atoms with Crippen molar-refractivity contribution < 1.29 is 0 Å². The average Bonchev–Trinajstić information content (AvgIpc) is 3.24. The van der Waals surface area contributed by atoms with Gasteiger partial charge >= 0.3 is 0 Å². The minimum Gasteiger partial charge on any atom is -0.344 e. The number of benzene rings is 1. The van der Waals surface area contributed by atoms with E-state index >= 15 is 0 Å². The van der Waals surface area contributed by atoms with Gasteiger partial charge in [0.25, 0.3) is 0 Å². The summed E-state index contributed by atoms with van der Waals surface area (Å²) in [6.45, 7) is 0. The molecular weight excluding hydrogens is 328 g/mol. The van der Waals surface area contributed by atoms with E-state index in [1.165, 1.54) is 94.4 Å². The maximum Gasteiger partial charge on any atom is 0.0482 e. The fourth-order valence-electron chi connectivity index (χ4n) is 6.52. The van der Waals surface area contributed by atoms with Gasteiger partial charge in [-0.25, -0.2) is 0 Å². The first kappa shape index (κ1) is 17.8. The molecule has 2 aliphatic heterocycles. The van der Waals surface area contributed by atoms with Crippen molar-refractivity contribution in [3.8, 4) is 0 Å². The summed E-state index contributed by atoms with van der Waals surface area (Å²) in [5.41, 5.74) is 1.44. The lowest BCUT2D eigenvalue weighted by atomic mass is 9.90. The van der Waals surface area contributed by atoms with Crippen molar-refractivity contribution in [2.24, 2.45) is 0 Å². The zero-order chi connectivity index (χ0) is 18.1. The molecule has 2 saturated heterocycles. The van der Waals surface area contributed by atoms with Gasteiger partial charge in [-0.2, -0.15) is 0 Å². The molecule has 3 fully saturated rings. The second kappa shape index (κ2) is 7.99. The number of fused-ring (bicyclic) bond motifs is 3. The van der Waals surface area contributed by atoms with Gasteiger partial charge in [-0.15, -0.1) is 0 Å². The van der Waals surface area contributed by atoms with E-state index < -0.39 is 0 Å². The quantitative estimate of drug-likeness (QED) is 0.575. The standard InChI is InChI=1S/C25H36N2/c1-2-4-6-11-21(12-7-5-3-1)27-22-14-15-23(27)19-24(18-22)26-17-16-20-10-8-9-13-25(20)26/h8-10,13,16-17,21-24H,1-7,11-12,14-15,18-19H2/t22-,23+,24+. The van der Waals surface area contributed by atoms with Crippen molar-refractivity contribution >= 4 is 10.9 Å². The largest absolute Gasteiger partial charge is 0.344 e. The van der Waals surface area contributed by atoms with Crippen LogP contribution in [0, 0.1) is 0 Å². The Morgan fingerprint density at radius 3 is 1.93 bits per heavy atom. The summed E-state index contributed by atoms with van der Waals surface area (Å²) in [7, 11) is 0. The normalized spacial score (nSPS) is 31.3. The van der Waals surface area contributed by atoms with E-state index in [0.717, 1.165) is 18.1 Å². The van der Waals surface area contributed by atoms with Gasteiger partial charge in [0.2, 0.25) is 0 Å². The molecule has 1 aromatic carbocycles. The summed E-state index contributed by atoms with van der Waals surface area (Å²) in [5.74, 6) is 0. The molecule has 3 atom stereocenters. The van der Waals surface area contributed by atoms with Gasteiger partial charge in [0.15, 0.2) is 0 Å². The minimum atomic E-state index is 0.707. The Morgan fingerprint density at radius 1 is 0.593 bits per heavy atom. The number of aromatic nitrogens is 1. The third-order valence-corrected chi connectivity index (χ3v) is 7.78. The van der Waals surface area contributed by atoms with E-state index in [1.54, 1.807) is 0 Å². The van der Waals surface area contributed by atoms with E-state index in [0.29, 0.717) is 6.04 Å². The molecule has 0 spiro atoms. The van der Waals surface area contributed by atoms with Crippen LogP contribution in [0.25, 0.3) is 10.9 Å². The third-order valence-electron chi connectivity index (χ3n) is 7.78. The van der Waals surface area contributed by atoms with Crippen LogP contribution in [-0.2, 0) is 0 Å². The fourth-order valence-corrected chi connectivity index (χ4v) is 6.52. The molecule has 2 nitrogen and oxygen atoms in total. The fraction of sp³-hybridized carbons (Fsp3) is 0.680. The molecule has 3 heterocycles. The van der Waals surface area contributed by atoms with Crippen LogP contribution >= 0.6 is 0 Å². The zero-order valence-corrected chi connectivity index (χ0v) is 16.9. The number of nitrogens with zero attached hydrogens (tertiary/aromatic N) is 2. The molecule has 146 valence electrons. The number of hydrogen-bond acceptors (Lipinski definition) is 1. The SMILES string of the molecule is c1ccc2c(c1)ccn2[C@H]1C[C@H]2CC[C@@H](C1)N2C1CCCCCCCCC1. The minimum absolute atomic E-state index is 0.707. The Bertz CT molecular complexity index is 724. The molecule has 1 aromatic heterocycles.